The molecule has 0 aliphatic carbocycles. The Morgan fingerprint density at radius 2 is 1.90 bits per heavy atom. The first-order chi connectivity index (χ1) is 9.58. The van der Waals surface area contributed by atoms with Crippen LogP contribution in [0.2, 0.25) is 0 Å². The summed E-state index contributed by atoms with van der Waals surface area (Å²) in [5.41, 5.74) is 0.857. The summed E-state index contributed by atoms with van der Waals surface area (Å²) in [5, 5.41) is 0. The van der Waals surface area contributed by atoms with E-state index < -0.39 is 11.6 Å². The van der Waals surface area contributed by atoms with Crippen LogP contribution in [0.15, 0.2) is 34.8 Å². The number of benzene rings is 2. The minimum absolute atomic E-state index is 0.0926. The summed E-state index contributed by atoms with van der Waals surface area (Å²) < 4.78 is 33.1. The van der Waals surface area contributed by atoms with Crippen molar-refractivity contribution >= 4 is 22.2 Å². The summed E-state index contributed by atoms with van der Waals surface area (Å²) >= 11 is 3.23. The predicted octanol–water partition coefficient (Wildman–Crippen LogP) is 4.61. The third kappa shape index (κ3) is 2.72. The van der Waals surface area contributed by atoms with Crippen LogP contribution in [-0.4, -0.2) is 12.9 Å². The molecule has 0 unspecified atom stereocenters. The normalized spacial score (nSPS) is 10.4. The number of rotatable bonds is 4. The zero-order valence-electron chi connectivity index (χ0n) is 10.6. The smallest absolute Gasteiger partial charge is 0.174 e. The third-order valence-corrected chi connectivity index (χ3v) is 3.38. The zero-order valence-corrected chi connectivity index (χ0v) is 12.2. The summed E-state index contributed by atoms with van der Waals surface area (Å²) in [6, 6.07) is 6.91. The minimum atomic E-state index is -0.644. The molecule has 2 aromatic rings. The summed E-state index contributed by atoms with van der Waals surface area (Å²) in [5.74, 6) is -1.14. The van der Waals surface area contributed by atoms with Crippen molar-refractivity contribution in [3.63, 3.8) is 0 Å². The molecule has 0 amide bonds. The Morgan fingerprint density at radius 3 is 2.45 bits per heavy atom. The van der Waals surface area contributed by atoms with Crippen molar-refractivity contribution in [3.8, 4) is 16.9 Å². The molecule has 0 spiro atoms. The molecule has 0 aromatic heterocycles. The van der Waals surface area contributed by atoms with Crippen molar-refractivity contribution in [2.24, 2.45) is 0 Å². The van der Waals surface area contributed by atoms with Crippen LogP contribution < -0.4 is 4.74 Å². The van der Waals surface area contributed by atoms with Crippen molar-refractivity contribution in [1.82, 2.24) is 0 Å². The van der Waals surface area contributed by atoms with Gasteiger partial charge in [0.05, 0.1) is 12.2 Å². The van der Waals surface area contributed by atoms with Gasteiger partial charge in [0, 0.05) is 10.0 Å². The molecule has 0 bridgehead atoms. The Bertz CT molecular complexity index is 639. The molecule has 20 heavy (non-hydrogen) atoms. The number of halogens is 3. The Hall–Kier alpha value is -1.75. The minimum Gasteiger partial charge on any atom is -0.490 e. The number of carbonyl (C=O) groups is 1. The van der Waals surface area contributed by atoms with Gasteiger partial charge in [-0.15, -0.1) is 0 Å². The van der Waals surface area contributed by atoms with Gasteiger partial charge in [-0.1, -0.05) is 28.1 Å². The average Bonchev–Trinajstić information content (AvgIpc) is 2.44. The average molecular weight is 341 g/mol. The second-order valence-electron chi connectivity index (χ2n) is 4.02. The maximum atomic E-state index is 14.5. The van der Waals surface area contributed by atoms with Crippen LogP contribution >= 0.6 is 15.9 Å². The molecule has 0 aliphatic rings. The standard InChI is InChI=1S/C15H11BrF2O2/c1-2-20-15-10(8-19)7-12(16)13(14(15)18)9-3-5-11(17)6-4-9/h3-8H,2H2,1H3. The van der Waals surface area contributed by atoms with E-state index in [9.17, 15) is 13.6 Å². The van der Waals surface area contributed by atoms with Gasteiger partial charge in [0.15, 0.2) is 17.9 Å². The second kappa shape index (κ2) is 6.13. The molecule has 0 N–H and O–H groups in total. The van der Waals surface area contributed by atoms with Crippen LogP contribution in [0.3, 0.4) is 0 Å². The molecule has 2 rings (SSSR count). The van der Waals surface area contributed by atoms with Crippen molar-refractivity contribution in [1.29, 1.82) is 0 Å². The molecule has 0 heterocycles. The largest absolute Gasteiger partial charge is 0.490 e. The summed E-state index contributed by atoms with van der Waals surface area (Å²) in [6.45, 7) is 1.94. The van der Waals surface area contributed by atoms with Crippen LogP contribution in [0.5, 0.6) is 5.75 Å². The lowest BCUT2D eigenvalue weighted by atomic mass is 10.0. The van der Waals surface area contributed by atoms with E-state index in [4.69, 9.17) is 4.74 Å². The Kier molecular flexibility index (Phi) is 4.49. The molecule has 2 aromatic carbocycles. The lowest BCUT2D eigenvalue weighted by Gasteiger charge is -2.13. The van der Waals surface area contributed by atoms with Gasteiger partial charge in [-0.05, 0) is 30.7 Å². The van der Waals surface area contributed by atoms with Gasteiger partial charge in [0.2, 0.25) is 0 Å². The van der Waals surface area contributed by atoms with Gasteiger partial charge in [0.25, 0.3) is 0 Å². The van der Waals surface area contributed by atoms with Crippen molar-refractivity contribution in [3.05, 3.63) is 52.0 Å². The highest BCUT2D eigenvalue weighted by molar-refractivity contribution is 9.10. The summed E-state index contributed by atoms with van der Waals surface area (Å²) in [4.78, 5) is 11.0. The van der Waals surface area contributed by atoms with Crippen molar-refractivity contribution < 1.29 is 18.3 Å². The molecule has 0 saturated heterocycles. The van der Waals surface area contributed by atoms with E-state index in [0.717, 1.165) is 0 Å². The molecular formula is C15H11BrF2O2. The molecule has 0 fully saturated rings. The lowest BCUT2D eigenvalue weighted by molar-refractivity contribution is 0.111. The molecule has 0 atom stereocenters. The van der Waals surface area contributed by atoms with Gasteiger partial charge >= 0.3 is 0 Å². The summed E-state index contributed by atoms with van der Waals surface area (Å²) in [6.07, 6.45) is 0.535. The molecule has 0 saturated carbocycles. The van der Waals surface area contributed by atoms with Crippen molar-refractivity contribution in [2.75, 3.05) is 6.61 Å². The molecule has 0 radical (unpaired) electrons. The first-order valence-corrected chi connectivity index (χ1v) is 6.73. The molecule has 2 nitrogen and oxygen atoms in total. The fraction of sp³-hybridized carbons (Fsp3) is 0.133. The molecular weight excluding hydrogens is 330 g/mol. The van der Waals surface area contributed by atoms with Crippen LogP contribution in [0, 0.1) is 11.6 Å². The van der Waals surface area contributed by atoms with E-state index in [0.29, 0.717) is 16.3 Å². The van der Waals surface area contributed by atoms with E-state index in [1.54, 1.807) is 6.92 Å². The van der Waals surface area contributed by atoms with Crippen LogP contribution in [-0.2, 0) is 0 Å². The lowest BCUT2D eigenvalue weighted by Crippen LogP contribution is -2.01. The number of hydrogen-bond donors (Lipinski definition) is 0. The van der Waals surface area contributed by atoms with Gasteiger partial charge < -0.3 is 4.74 Å². The van der Waals surface area contributed by atoms with E-state index in [1.807, 2.05) is 0 Å². The second-order valence-corrected chi connectivity index (χ2v) is 4.88. The van der Waals surface area contributed by atoms with E-state index in [2.05, 4.69) is 15.9 Å². The third-order valence-electron chi connectivity index (χ3n) is 2.75. The number of aldehydes is 1. The molecule has 0 aliphatic heterocycles. The fourth-order valence-corrected chi connectivity index (χ4v) is 2.53. The van der Waals surface area contributed by atoms with Crippen LogP contribution in [0.25, 0.3) is 11.1 Å². The van der Waals surface area contributed by atoms with E-state index in [1.165, 1.54) is 30.3 Å². The zero-order chi connectivity index (χ0) is 14.7. The number of carbonyl (C=O) groups excluding carboxylic acids is 1. The van der Waals surface area contributed by atoms with Gasteiger partial charge in [-0.25, -0.2) is 8.78 Å². The first kappa shape index (κ1) is 14.7. The van der Waals surface area contributed by atoms with Gasteiger partial charge in [-0.2, -0.15) is 0 Å². The van der Waals surface area contributed by atoms with Crippen molar-refractivity contribution in [2.45, 2.75) is 6.92 Å². The molecule has 5 heteroatoms. The monoisotopic (exact) mass is 340 g/mol. The Balaban J connectivity index is 2.66. The quantitative estimate of drug-likeness (QED) is 0.760. The highest BCUT2D eigenvalue weighted by atomic mass is 79.9. The highest BCUT2D eigenvalue weighted by Crippen LogP contribution is 2.38. The molecule has 104 valence electrons. The number of ether oxygens (including phenoxy) is 1. The summed E-state index contributed by atoms with van der Waals surface area (Å²) in [7, 11) is 0. The topological polar surface area (TPSA) is 26.3 Å². The van der Waals surface area contributed by atoms with Gasteiger partial charge in [0.1, 0.15) is 5.82 Å². The van der Waals surface area contributed by atoms with E-state index in [-0.39, 0.29) is 23.5 Å². The highest BCUT2D eigenvalue weighted by Gasteiger charge is 2.19. The Morgan fingerprint density at radius 1 is 1.25 bits per heavy atom. The SMILES string of the molecule is CCOc1c(C=O)cc(Br)c(-c2ccc(F)cc2)c1F. The Labute approximate surface area is 123 Å². The van der Waals surface area contributed by atoms with Crippen LogP contribution in [0.1, 0.15) is 17.3 Å². The van der Waals surface area contributed by atoms with Crippen LogP contribution in [0.4, 0.5) is 8.78 Å². The van der Waals surface area contributed by atoms with E-state index >= 15 is 0 Å². The number of hydrogen-bond acceptors (Lipinski definition) is 2. The predicted molar refractivity (Wildman–Crippen MR) is 76.1 cm³/mol. The maximum absolute atomic E-state index is 14.5. The first-order valence-electron chi connectivity index (χ1n) is 5.94. The maximum Gasteiger partial charge on any atom is 0.174 e. The fourth-order valence-electron chi connectivity index (χ4n) is 1.88. The van der Waals surface area contributed by atoms with Gasteiger partial charge in [-0.3, -0.25) is 4.79 Å².